The Labute approximate surface area is 178 Å². The van der Waals surface area contributed by atoms with Crippen LogP contribution >= 0.6 is 0 Å². The lowest BCUT2D eigenvalue weighted by atomic mass is 10.1. The van der Waals surface area contributed by atoms with Crippen LogP contribution in [0.5, 0.6) is 5.75 Å². The van der Waals surface area contributed by atoms with Crippen molar-refractivity contribution in [2.24, 2.45) is 7.05 Å². The summed E-state index contributed by atoms with van der Waals surface area (Å²) in [6.07, 6.45) is 5.86. The summed E-state index contributed by atoms with van der Waals surface area (Å²) in [5.74, 6) is 1.92. The van der Waals surface area contributed by atoms with Crippen molar-refractivity contribution < 1.29 is 13.2 Å². The molecule has 0 amide bonds. The number of ether oxygens (including phenoxy) is 1. The highest BCUT2D eigenvalue weighted by atomic mass is 32.2. The number of nitrogens with one attached hydrogen (secondary N) is 2. The second-order valence-electron chi connectivity index (χ2n) is 7.68. The number of nitrogens with zero attached hydrogens (tertiary/aromatic N) is 4. The molecule has 10 heteroatoms. The number of benzene rings is 1. The lowest BCUT2D eigenvalue weighted by molar-refractivity contribution is 0.220. The van der Waals surface area contributed by atoms with E-state index >= 15 is 0 Å². The molecule has 1 saturated heterocycles. The molecule has 30 heavy (non-hydrogen) atoms. The van der Waals surface area contributed by atoms with Gasteiger partial charge < -0.3 is 10.1 Å². The first-order chi connectivity index (χ1) is 14.4. The molecule has 0 bridgehead atoms. The van der Waals surface area contributed by atoms with Gasteiger partial charge in [-0.2, -0.15) is 10.1 Å². The molecule has 0 atom stereocenters. The molecule has 166 valence electrons. The smallest absolute Gasteiger partial charge is 0.221 e. The van der Waals surface area contributed by atoms with Gasteiger partial charge in [0.2, 0.25) is 16.0 Å². The standard InChI is InChI=1S/C20H32N6O3S/c1-25-20(23-19(24-25)15-22-30(2,27)28)21-10-7-13-29-18-9-6-8-17(14-18)16-26-11-4-3-5-12-26/h6,8-9,14,22H,3-5,7,10-13,15-16H2,1-2H3,(H,21,23,24). The van der Waals surface area contributed by atoms with E-state index in [4.69, 9.17) is 4.74 Å². The molecule has 3 rings (SSSR count). The number of hydrogen-bond acceptors (Lipinski definition) is 7. The van der Waals surface area contributed by atoms with Crippen LogP contribution in [0.3, 0.4) is 0 Å². The normalized spacial score (nSPS) is 15.3. The van der Waals surface area contributed by atoms with Gasteiger partial charge in [0.25, 0.3) is 0 Å². The molecule has 2 N–H and O–H groups in total. The highest BCUT2D eigenvalue weighted by Crippen LogP contribution is 2.17. The first kappa shape index (κ1) is 22.5. The minimum absolute atomic E-state index is 0.0746. The Balaban J connectivity index is 1.38. The predicted molar refractivity (Wildman–Crippen MR) is 117 cm³/mol. The third kappa shape index (κ3) is 7.58. The number of piperidine rings is 1. The monoisotopic (exact) mass is 436 g/mol. The zero-order valence-corrected chi connectivity index (χ0v) is 18.6. The zero-order chi connectivity index (χ0) is 21.4. The van der Waals surface area contributed by atoms with Gasteiger partial charge in [0.1, 0.15) is 5.75 Å². The van der Waals surface area contributed by atoms with Crippen LogP contribution in [0.2, 0.25) is 0 Å². The van der Waals surface area contributed by atoms with Crippen LogP contribution < -0.4 is 14.8 Å². The quantitative estimate of drug-likeness (QED) is 0.517. The average Bonchev–Trinajstić information content (AvgIpc) is 3.06. The first-order valence-electron chi connectivity index (χ1n) is 10.4. The second-order valence-corrected chi connectivity index (χ2v) is 9.51. The molecule has 2 heterocycles. The predicted octanol–water partition coefficient (Wildman–Crippen LogP) is 1.73. The first-order valence-corrected chi connectivity index (χ1v) is 12.3. The third-order valence-electron chi connectivity index (χ3n) is 4.93. The molecule has 1 aliphatic rings. The van der Waals surface area contributed by atoms with Gasteiger partial charge >= 0.3 is 0 Å². The van der Waals surface area contributed by atoms with Gasteiger partial charge in [-0.25, -0.2) is 17.8 Å². The van der Waals surface area contributed by atoms with Crippen molar-refractivity contribution in [1.82, 2.24) is 24.4 Å². The number of likely N-dealkylation sites (tertiary alicyclic amines) is 1. The summed E-state index contributed by atoms with van der Waals surface area (Å²) in [5.41, 5.74) is 1.29. The van der Waals surface area contributed by atoms with E-state index in [9.17, 15) is 8.42 Å². The van der Waals surface area contributed by atoms with Crippen LogP contribution in [0.15, 0.2) is 24.3 Å². The molecule has 1 fully saturated rings. The van der Waals surface area contributed by atoms with E-state index in [0.29, 0.717) is 24.9 Å². The summed E-state index contributed by atoms with van der Waals surface area (Å²) in [7, 11) is -1.50. The van der Waals surface area contributed by atoms with Crippen molar-refractivity contribution >= 4 is 16.0 Å². The van der Waals surface area contributed by atoms with Crippen LogP contribution in [-0.2, 0) is 30.2 Å². The Kier molecular flexibility index (Phi) is 8.06. The average molecular weight is 437 g/mol. The Morgan fingerprint density at radius 1 is 1.20 bits per heavy atom. The number of aromatic nitrogens is 3. The summed E-state index contributed by atoms with van der Waals surface area (Å²) < 4.78 is 32.2. The summed E-state index contributed by atoms with van der Waals surface area (Å²) in [4.78, 5) is 6.81. The molecule has 0 unspecified atom stereocenters. The van der Waals surface area contributed by atoms with Crippen molar-refractivity contribution in [3.05, 3.63) is 35.7 Å². The maximum absolute atomic E-state index is 11.2. The van der Waals surface area contributed by atoms with Crippen LogP contribution in [0.4, 0.5) is 5.95 Å². The number of hydrogen-bond donors (Lipinski definition) is 2. The topological polar surface area (TPSA) is 101 Å². The Morgan fingerprint density at radius 2 is 2.00 bits per heavy atom. The van der Waals surface area contributed by atoms with E-state index in [1.807, 2.05) is 6.07 Å². The fourth-order valence-corrected chi connectivity index (χ4v) is 3.82. The largest absolute Gasteiger partial charge is 0.494 e. The van der Waals surface area contributed by atoms with Crippen LogP contribution in [0.1, 0.15) is 37.1 Å². The van der Waals surface area contributed by atoms with Gasteiger partial charge in [0.15, 0.2) is 5.82 Å². The van der Waals surface area contributed by atoms with Crippen LogP contribution in [-0.4, -0.2) is 60.6 Å². The highest BCUT2D eigenvalue weighted by Gasteiger charge is 2.11. The molecule has 1 aromatic carbocycles. The van der Waals surface area contributed by atoms with Gasteiger partial charge in [-0.3, -0.25) is 4.90 Å². The van der Waals surface area contributed by atoms with Crippen molar-refractivity contribution in [2.75, 3.05) is 37.8 Å². The lowest BCUT2D eigenvalue weighted by Crippen LogP contribution is -2.29. The molecule has 9 nitrogen and oxygen atoms in total. The highest BCUT2D eigenvalue weighted by molar-refractivity contribution is 7.88. The van der Waals surface area contributed by atoms with Gasteiger partial charge in [0.05, 0.1) is 19.4 Å². The van der Waals surface area contributed by atoms with Crippen LogP contribution in [0.25, 0.3) is 0 Å². The minimum Gasteiger partial charge on any atom is -0.494 e. The van der Waals surface area contributed by atoms with E-state index in [1.54, 1.807) is 11.7 Å². The molecular formula is C20H32N6O3S. The lowest BCUT2D eigenvalue weighted by Gasteiger charge is -2.26. The maximum atomic E-state index is 11.2. The van der Waals surface area contributed by atoms with Gasteiger partial charge in [-0.15, -0.1) is 0 Å². The molecular weight excluding hydrogens is 404 g/mol. The van der Waals surface area contributed by atoms with Crippen molar-refractivity contribution in [2.45, 2.75) is 38.8 Å². The van der Waals surface area contributed by atoms with Gasteiger partial charge in [0, 0.05) is 20.1 Å². The molecule has 0 radical (unpaired) electrons. The maximum Gasteiger partial charge on any atom is 0.221 e. The van der Waals surface area contributed by atoms with E-state index < -0.39 is 10.0 Å². The number of sulfonamides is 1. The van der Waals surface area contributed by atoms with Crippen molar-refractivity contribution in [3.8, 4) is 5.75 Å². The Hall–Kier alpha value is -2.17. The fraction of sp³-hybridized carbons (Fsp3) is 0.600. The zero-order valence-electron chi connectivity index (χ0n) is 17.8. The minimum atomic E-state index is -3.27. The molecule has 0 aliphatic carbocycles. The Morgan fingerprint density at radius 3 is 2.77 bits per heavy atom. The summed E-state index contributed by atoms with van der Waals surface area (Å²) in [6.45, 7) is 4.71. The number of rotatable bonds is 11. The summed E-state index contributed by atoms with van der Waals surface area (Å²) in [5, 5.41) is 7.41. The molecule has 1 aromatic heterocycles. The summed E-state index contributed by atoms with van der Waals surface area (Å²) in [6, 6.07) is 8.34. The molecule has 2 aromatic rings. The molecule has 0 saturated carbocycles. The second kappa shape index (κ2) is 10.7. The van der Waals surface area contributed by atoms with Crippen LogP contribution in [0, 0.1) is 0 Å². The fourth-order valence-electron chi connectivity index (χ4n) is 3.43. The number of aryl methyl sites for hydroxylation is 1. The van der Waals surface area contributed by atoms with Gasteiger partial charge in [-0.1, -0.05) is 18.6 Å². The Bertz CT molecular complexity index is 909. The number of anilines is 1. The van der Waals surface area contributed by atoms with E-state index in [1.165, 1.54) is 37.9 Å². The van der Waals surface area contributed by atoms with Crippen molar-refractivity contribution in [3.63, 3.8) is 0 Å². The van der Waals surface area contributed by atoms with Gasteiger partial charge in [-0.05, 0) is 50.0 Å². The molecule has 1 aliphatic heterocycles. The van der Waals surface area contributed by atoms with E-state index in [2.05, 4.69) is 43.2 Å². The molecule has 0 spiro atoms. The van der Waals surface area contributed by atoms with E-state index in [0.717, 1.165) is 25.0 Å². The summed E-state index contributed by atoms with van der Waals surface area (Å²) >= 11 is 0. The SMILES string of the molecule is Cn1nc(CNS(C)(=O)=O)nc1NCCCOc1cccc(CN2CCCCC2)c1. The van der Waals surface area contributed by atoms with E-state index in [-0.39, 0.29) is 6.54 Å². The van der Waals surface area contributed by atoms with Crippen molar-refractivity contribution in [1.29, 1.82) is 0 Å². The third-order valence-corrected chi connectivity index (χ3v) is 5.59.